The number of hydrogen-bond donors (Lipinski definition) is 2. The number of nitrogens with zero attached hydrogens (tertiary/aromatic N) is 3. The zero-order valence-electron chi connectivity index (χ0n) is 11.9. The third-order valence-electron chi connectivity index (χ3n) is 3.78. The Morgan fingerprint density at radius 3 is 2.90 bits per heavy atom. The van der Waals surface area contributed by atoms with Crippen LogP contribution in [0.1, 0.15) is 12.0 Å². The van der Waals surface area contributed by atoms with Crippen molar-refractivity contribution in [1.82, 2.24) is 4.90 Å². The summed E-state index contributed by atoms with van der Waals surface area (Å²) in [6.45, 7) is 3.37. The molecule has 1 saturated heterocycles. The molecule has 0 saturated carbocycles. The van der Waals surface area contributed by atoms with Gasteiger partial charge in [-0.05, 0) is 60.1 Å². The van der Waals surface area contributed by atoms with Gasteiger partial charge < -0.3 is 20.7 Å². The zero-order valence-corrected chi connectivity index (χ0v) is 13.5. The van der Waals surface area contributed by atoms with Crippen LogP contribution in [0.25, 0.3) is 0 Å². The molecule has 0 radical (unpaired) electrons. The topological polar surface area (TPSA) is 65.1 Å². The molecule has 0 aromatic heterocycles. The molecule has 1 aliphatic rings. The Morgan fingerprint density at radius 1 is 1.60 bits per heavy atom. The van der Waals surface area contributed by atoms with Gasteiger partial charge in [0.05, 0.1) is 5.69 Å². The van der Waals surface area contributed by atoms with E-state index in [-0.39, 0.29) is 5.84 Å². The molecule has 5 nitrogen and oxygen atoms in total. The number of hydrogen-bond acceptors (Lipinski definition) is 4. The van der Waals surface area contributed by atoms with E-state index in [1.807, 2.05) is 18.2 Å². The summed E-state index contributed by atoms with van der Waals surface area (Å²) in [5.41, 5.74) is 7.42. The van der Waals surface area contributed by atoms with Gasteiger partial charge in [-0.15, -0.1) is 0 Å². The van der Waals surface area contributed by atoms with Crippen LogP contribution in [0.3, 0.4) is 0 Å². The summed E-state index contributed by atoms with van der Waals surface area (Å²) in [5.74, 6) is 0.831. The van der Waals surface area contributed by atoms with Gasteiger partial charge in [-0.2, -0.15) is 0 Å². The van der Waals surface area contributed by atoms with E-state index in [0.29, 0.717) is 11.5 Å². The zero-order chi connectivity index (χ0) is 14.7. The lowest BCUT2D eigenvalue weighted by Gasteiger charge is -2.24. The van der Waals surface area contributed by atoms with Gasteiger partial charge >= 0.3 is 0 Å². The van der Waals surface area contributed by atoms with E-state index in [4.69, 9.17) is 10.9 Å². The highest BCUT2D eigenvalue weighted by molar-refractivity contribution is 9.10. The highest BCUT2D eigenvalue weighted by Gasteiger charge is 2.21. The number of anilines is 1. The molecule has 1 unspecified atom stereocenters. The van der Waals surface area contributed by atoms with E-state index in [1.54, 1.807) is 0 Å². The molecule has 0 bridgehead atoms. The molecule has 1 aromatic carbocycles. The monoisotopic (exact) mass is 340 g/mol. The molecule has 1 aliphatic heterocycles. The van der Waals surface area contributed by atoms with Crippen molar-refractivity contribution in [3.63, 3.8) is 0 Å². The minimum absolute atomic E-state index is 0.123. The average molecular weight is 341 g/mol. The van der Waals surface area contributed by atoms with Crippen LogP contribution in [0.4, 0.5) is 5.69 Å². The molecular formula is C14H21BrN4O. The van der Waals surface area contributed by atoms with Gasteiger partial charge in [-0.25, -0.2) is 0 Å². The Kier molecular flexibility index (Phi) is 4.88. The van der Waals surface area contributed by atoms with E-state index in [0.717, 1.165) is 23.2 Å². The van der Waals surface area contributed by atoms with Crippen molar-refractivity contribution in [3.05, 3.63) is 28.2 Å². The first-order valence-corrected chi connectivity index (χ1v) is 7.47. The van der Waals surface area contributed by atoms with Crippen molar-refractivity contribution in [2.24, 2.45) is 16.8 Å². The molecule has 1 fully saturated rings. The number of amidine groups is 1. The van der Waals surface area contributed by atoms with Crippen molar-refractivity contribution in [1.29, 1.82) is 0 Å². The summed E-state index contributed by atoms with van der Waals surface area (Å²) < 4.78 is 0.954. The lowest BCUT2D eigenvalue weighted by Crippen LogP contribution is -2.27. The van der Waals surface area contributed by atoms with Crippen LogP contribution in [0.15, 0.2) is 27.8 Å². The predicted octanol–water partition coefficient (Wildman–Crippen LogP) is 1.93. The van der Waals surface area contributed by atoms with E-state index in [2.05, 4.69) is 45.0 Å². The van der Waals surface area contributed by atoms with Gasteiger partial charge in [0.15, 0.2) is 5.84 Å². The van der Waals surface area contributed by atoms with Gasteiger partial charge in [0.2, 0.25) is 0 Å². The van der Waals surface area contributed by atoms with E-state index in [1.165, 1.54) is 13.0 Å². The van der Waals surface area contributed by atoms with Crippen molar-refractivity contribution in [2.45, 2.75) is 6.42 Å². The molecule has 0 aliphatic carbocycles. The fraction of sp³-hybridized carbons (Fsp3) is 0.500. The molecular weight excluding hydrogens is 320 g/mol. The van der Waals surface area contributed by atoms with Crippen molar-refractivity contribution < 1.29 is 5.21 Å². The number of halogens is 1. The summed E-state index contributed by atoms with van der Waals surface area (Å²) in [6, 6.07) is 5.74. The van der Waals surface area contributed by atoms with Gasteiger partial charge in [0, 0.05) is 30.2 Å². The summed E-state index contributed by atoms with van der Waals surface area (Å²) >= 11 is 3.56. The summed E-state index contributed by atoms with van der Waals surface area (Å²) in [6.07, 6.45) is 1.25. The van der Waals surface area contributed by atoms with Crippen LogP contribution in [-0.2, 0) is 0 Å². The second-order valence-corrected chi connectivity index (χ2v) is 6.30. The maximum Gasteiger partial charge on any atom is 0.170 e. The predicted molar refractivity (Wildman–Crippen MR) is 85.5 cm³/mol. The minimum atomic E-state index is 0.123. The molecule has 0 amide bonds. The van der Waals surface area contributed by atoms with Crippen LogP contribution in [0.5, 0.6) is 0 Å². The SMILES string of the molecule is CN1CCC(CN(C)c2ccc(/C(N)=N/O)cc2Br)C1. The summed E-state index contributed by atoms with van der Waals surface area (Å²) in [5, 5.41) is 11.7. The van der Waals surface area contributed by atoms with Crippen LogP contribution in [0.2, 0.25) is 0 Å². The minimum Gasteiger partial charge on any atom is -0.409 e. The number of oxime groups is 1. The maximum absolute atomic E-state index is 8.70. The van der Waals surface area contributed by atoms with Gasteiger partial charge in [0.25, 0.3) is 0 Å². The van der Waals surface area contributed by atoms with Crippen molar-refractivity contribution >= 4 is 27.5 Å². The van der Waals surface area contributed by atoms with Crippen molar-refractivity contribution in [2.75, 3.05) is 38.6 Å². The first-order valence-electron chi connectivity index (χ1n) is 6.68. The molecule has 110 valence electrons. The van der Waals surface area contributed by atoms with Gasteiger partial charge in [0.1, 0.15) is 0 Å². The first-order chi connectivity index (χ1) is 9.51. The third-order valence-corrected chi connectivity index (χ3v) is 4.42. The molecule has 1 atom stereocenters. The largest absolute Gasteiger partial charge is 0.409 e. The second kappa shape index (κ2) is 6.45. The second-order valence-electron chi connectivity index (χ2n) is 5.45. The third kappa shape index (κ3) is 3.43. The standard InChI is InChI=1S/C14H21BrN4O/c1-18-6-5-10(8-18)9-19(2)13-4-3-11(7-12(13)15)14(16)17-20/h3-4,7,10,20H,5-6,8-9H2,1-2H3,(H2,16,17). The lowest BCUT2D eigenvalue weighted by molar-refractivity contribution is 0.318. The van der Waals surface area contributed by atoms with Gasteiger partial charge in [-0.1, -0.05) is 5.16 Å². The smallest absolute Gasteiger partial charge is 0.170 e. The number of likely N-dealkylation sites (tertiary alicyclic amines) is 1. The van der Waals surface area contributed by atoms with E-state index >= 15 is 0 Å². The fourth-order valence-electron chi connectivity index (χ4n) is 2.69. The average Bonchev–Trinajstić information content (AvgIpc) is 2.82. The molecule has 3 N–H and O–H groups in total. The number of nitrogens with two attached hydrogens (primary N) is 1. The molecule has 1 aromatic rings. The van der Waals surface area contributed by atoms with Crippen LogP contribution < -0.4 is 10.6 Å². The maximum atomic E-state index is 8.70. The van der Waals surface area contributed by atoms with Crippen LogP contribution in [-0.4, -0.2) is 49.7 Å². The Hall–Kier alpha value is -1.27. The highest BCUT2D eigenvalue weighted by Crippen LogP contribution is 2.28. The van der Waals surface area contributed by atoms with E-state index < -0.39 is 0 Å². The van der Waals surface area contributed by atoms with Gasteiger partial charge in [-0.3, -0.25) is 0 Å². The molecule has 0 spiro atoms. The first kappa shape index (κ1) is 15.1. The normalized spacial score (nSPS) is 20.4. The van der Waals surface area contributed by atoms with E-state index in [9.17, 15) is 0 Å². The number of benzene rings is 1. The Morgan fingerprint density at radius 2 is 2.35 bits per heavy atom. The lowest BCUT2D eigenvalue weighted by atomic mass is 10.1. The fourth-order valence-corrected chi connectivity index (χ4v) is 3.38. The molecule has 6 heteroatoms. The molecule has 1 heterocycles. The summed E-state index contributed by atoms with van der Waals surface area (Å²) in [7, 11) is 4.27. The van der Waals surface area contributed by atoms with Crippen LogP contribution >= 0.6 is 15.9 Å². The molecule has 20 heavy (non-hydrogen) atoms. The van der Waals surface area contributed by atoms with Crippen molar-refractivity contribution in [3.8, 4) is 0 Å². The summed E-state index contributed by atoms with van der Waals surface area (Å²) in [4.78, 5) is 4.62. The quantitative estimate of drug-likeness (QED) is 0.380. The highest BCUT2D eigenvalue weighted by atomic mass is 79.9. The Labute approximate surface area is 128 Å². The molecule has 2 rings (SSSR count). The Bertz CT molecular complexity index is 506. The Balaban J connectivity index is 2.08. The number of rotatable bonds is 4. The van der Waals surface area contributed by atoms with Crippen LogP contribution in [0, 0.1) is 5.92 Å².